The molecule has 0 amide bonds. The van der Waals surface area contributed by atoms with Gasteiger partial charge >= 0.3 is 0 Å². The minimum Gasteiger partial charge on any atom is -0.302 e. The molecule has 0 saturated heterocycles. The summed E-state index contributed by atoms with van der Waals surface area (Å²) in [6, 6.07) is 5.41. The molecule has 1 atom stereocenters. The van der Waals surface area contributed by atoms with Crippen molar-refractivity contribution in [1.82, 2.24) is 4.90 Å². The maximum atomic E-state index is 11.2. The first-order valence-corrected chi connectivity index (χ1v) is 5.77. The van der Waals surface area contributed by atoms with Crippen molar-refractivity contribution in [1.29, 1.82) is 0 Å². The quantitative estimate of drug-likeness (QED) is 0.824. The Morgan fingerprint density at radius 3 is 2.12 bits per heavy atom. The summed E-state index contributed by atoms with van der Waals surface area (Å²) >= 11 is 11.9. The van der Waals surface area contributed by atoms with E-state index in [1.165, 1.54) is 0 Å². The fourth-order valence-corrected chi connectivity index (χ4v) is 2.18. The van der Waals surface area contributed by atoms with Crippen LogP contribution in [-0.4, -0.2) is 24.8 Å². The summed E-state index contributed by atoms with van der Waals surface area (Å²) in [5.74, 6) is 0.148. The van der Waals surface area contributed by atoms with E-state index in [4.69, 9.17) is 23.2 Å². The number of rotatable bonds is 4. The maximum Gasteiger partial charge on any atom is 0.131 e. The first-order valence-electron chi connectivity index (χ1n) is 5.02. The molecule has 0 aliphatic heterocycles. The van der Waals surface area contributed by atoms with E-state index in [0.717, 1.165) is 5.56 Å². The van der Waals surface area contributed by atoms with E-state index < -0.39 is 0 Å². The van der Waals surface area contributed by atoms with Crippen molar-refractivity contribution in [2.45, 2.75) is 19.4 Å². The average Bonchev–Trinajstić information content (AvgIpc) is 2.11. The van der Waals surface area contributed by atoms with Crippen molar-refractivity contribution in [3.8, 4) is 0 Å². The maximum absolute atomic E-state index is 11.2. The Morgan fingerprint density at radius 2 is 1.75 bits per heavy atom. The van der Waals surface area contributed by atoms with Gasteiger partial charge in [0.2, 0.25) is 0 Å². The van der Waals surface area contributed by atoms with E-state index in [1.807, 2.05) is 31.1 Å². The Morgan fingerprint density at radius 1 is 1.25 bits per heavy atom. The Balaban J connectivity index is 3.05. The van der Waals surface area contributed by atoms with E-state index in [0.29, 0.717) is 16.5 Å². The predicted molar refractivity (Wildman–Crippen MR) is 68.2 cm³/mol. The van der Waals surface area contributed by atoms with Gasteiger partial charge in [-0.15, -0.1) is 0 Å². The van der Waals surface area contributed by atoms with Gasteiger partial charge in [-0.05, 0) is 44.8 Å². The monoisotopic (exact) mass is 259 g/mol. The Kier molecular flexibility index (Phi) is 4.78. The molecule has 0 radical (unpaired) electrons. The van der Waals surface area contributed by atoms with Gasteiger partial charge < -0.3 is 4.90 Å². The van der Waals surface area contributed by atoms with Gasteiger partial charge in [0.25, 0.3) is 0 Å². The summed E-state index contributed by atoms with van der Waals surface area (Å²) < 4.78 is 0. The van der Waals surface area contributed by atoms with Crippen LogP contribution in [0.3, 0.4) is 0 Å². The third kappa shape index (κ3) is 3.78. The number of hydrogen-bond donors (Lipinski definition) is 0. The molecule has 0 bridgehead atoms. The third-order valence-electron chi connectivity index (χ3n) is 2.37. The molecule has 0 N–H and O–H groups in total. The molecule has 2 nitrogen and oxygen atoms in total. The molecule has 88 valence electrons. The molecular formula is C12H15Cl2NO. The molecule has 0 aliphatic rings. The fraction of sp³-hybridized carbons (Fsp3) is 0.417. The van der Waals surface area contributed by atoms with Crippen LogP contribution >= 0.6 is 23.2 Å². The Labute approximate surface area is 106 Å². The normalized spacial score (nSPS) is 12.9. The lowest BCUT2D eigenvalue weighted by molar-refractivity contribution is -0.118. The van der Waals surface area contributed by atoms with Gasteiger partial charge in [0, 0.05) is 22.5 Å². The van der Waals surface area contributed by atoms with Gasteiger partial charge in [-0.1, -0.05) is 23.2 Å². The van der Waals surface area contributed by atoms with Crippen molar-refractivity contribution < 1.29 is 4.79 Å². The van der Waals surface area contributed by atoms with Crippen molar-refractivity contribution in [3.63, 3.8) is 0 Å². The highest BCUT2D eigenvalue weighted by Gasteiger charge is 2.17. The lowest BCUT2D eigenvalue weighted by Gasteiger charge is -2.24. The van der Waals surface area contributed by atoms with Crippen LogP contribution in [0, 0.1) is 0 Å². The molecule has 0 aliphatic carbocycles. The molecule has 1 aromatic rings. The van der Waals surface area contributed by atoms with Crippen LogP contribution in [-0.2, 0) is 4.79 Å². The SMILES string of the molecule is CC(=O)CC(c1cc(Cl)cc(Cl)c1)N(C)C. The molecule has 0 aromatic heterocycles. The van der Waals surface area contributed by atoms with E-state index in [1.54, 1.807) is 13.0 Å². The van der Waals surface area contributed by atoms with Crippen molar-refractivity contribution in [2.24, 2.45) is 0 Å². The molecule has 0 heterocycles. The molecule has 0 saturated carbocycles. The minimum atomic E-state index is 0.0219. The lowest BCUT2D eigenvalue weighted by atomic mass is 10.0. The molecule has 0 spiro atoms. The summed E-state index contributed by atoms with van der Waals surface area (Å²) in [7, 11) is 3.87. The molecule has 4 heteroatoms. The predicted octanol–water partition coefficient (Wildman–Crippen LogP) is 3.58. The first kappa shape index (κ1) is 13.5. The number of nitrogens with zero attached hydrogens (tertiary/aromatic N) is 1. The topological polar surface area (TPSA) is 20.3 Å². The second kappa shape index (κ2) is 5.67. The first-order chi connectivity index (χ1) is 7.40. The number of carbonyl (C=O) groups excluding carboxylic acids is 1. The van der Waals surface area contributed by atoms with Crippen LogP contribution in [0.1, 0.15) is 24.9 Å². The van der Waals surface area contributed by atoms with Gasteiger partial charge in [-0.25, -0.2) is 0 Å². The summed E-state index contributed by atoms with van der Waals surface area (Å²) in [5, 5.41) is 1.19. The van der Waals surface area contributed by atoms with Gasteiger partial charge in [0.15, 0.2) is 0 Å². The summed E-state index contributed by atoms with van der Waals surface area (Å²) in [4.78, 5) is 13.2. The molecule has 16 heavy (non-hydrogen) atoms. The summed E-state index contributed by atoms with van der Waals surface area (Å²) in [6.45, 7) is 1.59. The van der Waals surface area contributed by atoms with Gasteiger partial charge in [0.05, 0.1) is 0 Å². The number of carbonyl (C=O) groups is 1. The zero-order chi connectivity index (χ0) is 12.3. The largest absolute Gasteiger partial charge is 0.302 e. The highest BCUT2D eigenvalue weighted by Crippen LogP contribution is 2.28. The highest BCUT2D eigenvalue weighted by molar-refractivity contribution is 6.34. The molecule has 1 rings (SSSR count). The zero-order valence-corrected chi connectivity index (χ0v) is 11.1. The summed E-state index contributed by atoms with van der Waals surface area (Å²) in [6.07, 6.45) is 0.462. The Hall–Kier alpha value is -0.570. The zero-order valence-electron chi connectivity index (χ0n) is 9.63. The van der Waals surface area contributed by atoms with Gasteiger partial charge in [-0.2, -0.15) is 0 Å². The molecule has 1 unspecified atom stereocenters. The molecular weight excluding hydrogens is 245 g/mol. The number of halogens is 2. The fourth-order valence-electron chi connectivity index (χ4n) is 1.64. The van der Waals surface area contributed by atoms with Crippen LogP contribution in [0.25, 0.3) is 0 Å². The highest BCUT2D eigenvalue weighted by atomic mass is 35.5. The van der Waals surface area contributed by atoms with Gasteiger partial charge in [-0.3, -0.25) is 4.79 Å². The average molecular weight is 260 g/mol. The van der Waals surface area contributed by atoms with Crippen molar-refractivity contribution >= 4 is 29.0 Å². The van der Waals surface area contributed by atoms with Crippen LogP contribution in [0.5, 0.6) is 0 Å². The smallest absolute Gasteiger partial charge is 0.131 e. The number of benzene rings is 1. The van der Waals surface area contributed by atoms with Crippen molar-refractivity contribution in [2.75, 3.05) is 14.1 Å². The third-order valence-corrected chi connectivity index (χ3v) is 2.81. The summed E-state index contributed by atoms with van der Waals surface area (Å²) in [5.41, 5.74) is 0.970. The second-order valence-corrected chi connectivity index (χ2v) is 4.96. The molecule has 0 fully saturated rings. The van der Waals surface area contributed by atoms with Crippen LogP contribution in [0.2, 0.25) is 10.0 Å². The Bertz CT molecular complexity index is 370. The van der Waals surface area contributed by atoms with E-state index >= 15 is 0 Å². The standard InChI is InChI=1S/C12H15Cl2NO/c1-8(16)4-12(15(2)3)9-5-10(13)7-11(14)6-9/h5-7,12H,4H2,1-3H3. The van der Waals surface area contributed by atoms with Crippen LogP contribution in [0.4, 0.5) is 0 Å². The number of hydrogen-bond acceptors (Lipinski definition) is 2. The van der Waals surface area contributed by atoms with Crippen LogP contribution < -0.4 is 0 Å². The second-order valence-electron chi connectivity index (χ2n) is 4.09. The van der Waals surface area contributed by atoms with Crippen molar-refractivity contribution in [3.05, 3.63) is 33.8 Å². The van der Waals surface area contributed by atoms with Gasteiger partial charge in [0.1, 0.15) is 5.78 Å². The number of ketones is 1. The van der Waals surface area contributed by atoms with E-state index in [9.17, 15) is 4.79 Å². The minimum absolute atomic E-state index is 0.0219. The number of Topliss-reactive ketones (excluding diaryl/α,β-unsaturated/α-hetero) is 1. The van der Waals surface area contributed by atoms with E-state index in [2.05, 4.69) is 0 Å². The molecule has 1 aromatic carbocycles. The lowest BCUT2D eigenvalue weighted by Crippen LogP contribution is -2.22. The van der Waals surface area contributed by atoms with Crippen LogP contribution in [0.15, 0.2) is 18.2 Å². The van der Waals surface area contributed by atoms with E-state index in [-0.39, 0.29) is 11.8 Å².